The predicted octanol–water partition coefficient (Wildman–Crippen LogP) is 6.11. The van der Waals surface area contributed by atoms with Crippen LogP contribution in [0.3, 0.4) is 0 Å². The number of rotatable bonds is 5. The summed E-state index contributed by atoms with van der Waals surface area (Å²) in [7, 11) is 0. The molecule has 4 rings (SSSR count). The molecule has 0 aliphatic rings. The number of para-hydroxylation sites is 2. The zero-order valence-corrected chi connectivity index (χ0v) is 16.7. The van der Waals surface area contributed by atoms with Crippen molar-refractivity contribution in [2.45, 2.75) is 6.92 Å². The standard InChI is InChI=1S/C22H17BrN2O3/c1-2-27-20-12-16(23)11-15(21(20)26)13-24-17-9-7-14(8-10-17)22-25-18-5-3-4-6-19(18)28-22/h3-13,26H,2H2,1H3. The van der Waals surface area contributed by atoms with Crippen LogP contribution in [0.15, 0.2) is 74.5 Å². The Morgan fingerprint density at radius 1 is 1.14 bits per heavy atom. The van der Waals surface area contributed by atoms with Gasteiger partial charge in [-0.25, -0.2) is 4.98 Å². The van der Waals surface area contributed by atoms with Gasteiger partial charge in [-0.2, -0.15) is 0 Å². The van der Waals surface area contributed by atoms with Crippen LogP contribution >= 0.6 is 15.9 Å². The Kier molecular flexibility index (Phi) is 5.12. The molecule has 140 valence electrons. The number of oxazole rings is 1. The van der Waals surface area contributed by atoms with Crippen molar-refractivity contribution in [1.29, 1.82) is 0 Å². The van der Waals surface area contributed by atoms with Crippen LogP contribution in [0.4, 0.5) is 5.69 Å². The molecule has 0 radical (unpaired) electrons. The summed E-state index contributed by atoms with van der Waals surface area (Å²) in [5.41, 5.74) is 3.78. The van der Waals surface area contributed by atoms with Crippen molar-refractivity contribution < 1.29 is 14.3 Å². The number of nitrogens with zero attached hydrogens (tertiary/aromatic N) is 2. The van der Waals surface area contributed by atoms with Crippen molar-refractivity contribution in [3.05, 3.63) is 70.7 Å². The quantitative estimate of drug-likeness (QED) is 0.383. The molecule has 0 spiro atoms. The van der Waals surface area contributed by atoms with Crippen LogP contribution in [-0.4, -0.2) is 22.9 Å². The second-order valence-electron chi connectivity index (χ2n) is 6.07. The van der Waals surface area contributed by atoms with Gasteiger partial charge in [0, 0.05) is 21.8 Å². The van der Waals surface area contributed by atoms with Gasteiger partial charge in [0.15, 0.2) is 17.1 Å². The molecule has 6 heteroatoms. The Hall–Kier alpha value is -3.12. The summed E-state index contributed by atoms with van der Waals surface area (Å²) in [6, 6.07) is 18.7. The van der Waals surface area contributed by atoms with Crippen LogP contribution in [-0.2, 0) is 0 Å². The second-order valence-corrected chi connectivity index (χ2v) is 6.98. The molecule has 0 amide bonds. The fraction of sp³-hybridized carbons (Fsp3) is 0.0909. The SMILES string of the molecule is CCOc1cc(Br)cc(C=Nc2ccc(-c3nc4ccccc4o3)cc2)c1O. The van der Waals surface area contributed by atoms with Crippen LogP contribution in [0.1, 0.15) is 12.5 Å². The minimum absolute atomic E-state index is 0.0666. The van der Waals surface area contributed by atoms with Gasteiger partial charge in [-0.1, -0.05) is 28.1 Å². The van der Waals surface area contributed by atoms with Gasteiger partial charge in [-0.15, -0.1) is 0 Å². The summed E-state index contributed by atoms with van der Waals surface area (Å²) in [5.74, 6) is 1.06. The minimum atomic E-state index is 0.0666. The van der Waals surface area contributed by atoms with Crippen LogP contribution < -0.4 is 4.74 Å². The zero-order chi connectivity index (χ0) is 19.5. The number of phenols is 1. The fourth-order valence-electron chi connectivity index (χ4n) is 2.79. The van der Waals surface area contributed by atoms with E-state index in [0.29, 0.717) is 23.8 Å². The van der Waals surface area contributed by atoms with Crippen molar-refractivity contribution in [2.24, 2.45) is 4.99 Å². The van der Waals surface area contributed by atoms with Gasteiger partial charge >= 0.3 is 0 Å². The summed E-state index contributed by atoms with van der Waals surface area (Å²) in [4.78, 5) is 8.94. The van der Waals surface area contributed by atoms with E-state index in [1.807, 2.05) is 55.5 Å². The molecule has 5 nitrogen and oxygen atoms in total. The first-order valence-electron chi connectivity index (χ1n) is 8.79. The van der Waals surface area contributed by atoms with Gasteiger partial charge in [0.05, 0.1) is 12.3 Å². The van der Waals surface area contributed by atoms with Crippen LogP contribution in [0.5, 0.6) is 11.5 Å². The third-order valence-electron chi connectivity index (χ3n) is 4.13. The summed E-state index contributed by atoms with van der Waals surface area (Å²) in [6.45, 7) is 2.34. The topological polar surface area (TPSA) is 67.9 Å². The first kappa shape index (κ1) is 18.3. The Balaban J connectivity index is 1.58. The van der Waals surface area contributed by atoms with Crippen molar-refractivity contribution in [2.75, 3.05) is 6.61 Å². The monoisotopic (exact) mass is 436 g/mol. The lowest BCUT2D eigenvalue weighted by Crippen LogP contribution is -1.94. The zero-order valence-electron chi connectivity index (χ0n) is 15.1. The largest absolute Gasteiger partial charge is 0.504 e. The van der Waals surface area contributed by atoms with Gasteiger partial charge in [-0.05, 0) is 55.5 Å². The van der Waals surface area contributed by atoms with Crippen LogP contribution in [0.25, 0.3) is 22.6 Å². The van der Waals surface area contributed by atoms with Gasteiger partial charge < -0.3 is 14.3 Å². The first-order valence-corrected chi connectivity index (χ1v) is 9.58. The molecule has 3 aromatic carbocycles. The highest BCUT2D eigenvalue weighted by atomic mass is 79.9. The molecule has 0 bridgehead atoms. The molecular weight excluding hydrogens is 420 g/mol. The van der Waals surface area contributed by atoms with Crippen molar-refractivity contribution in [3.8, 4) is 23.0 Å². The lowest BCUT2D eigenvalue weighted by atomic mass is 10.2. The molecule has 1 heterocycles. The maximum Gasteiger partial charge on any atom is 0.227 e. The number of hydrogen-bond acceptors (Lipinski definition) is 5. The lowest BCUT2D eigenvalue weighted by molar-refractivity contribution is 0.317. The highest BCUT2D eigenvalue weighted by molar-refractivity contribution is 9.10. The Morgan fingerprint density at radius 2 is 1.93 bits per heavy atom. The molecule has 0 unspecified atom stereocenters. The molecule has 0 saturated carbocycles. The predicted molar refractivity (Wildman–Crippen MR) is 114 cm³/mol. The van der Waals surface area contributed by atoms with E-state index in [1.54, 1.807) is 18.3 Å². The number of halogens is 1. The number of ether oxygens (including phenoxy) is 1. The molecule has 0 fully saturated rings. The highest BCUT2D eigenvalue weighted by Crippen LogP contribution is 2.33. The Morgan fingerprint density at radius 3 is 2.68 bits per heavy atom. The molecule has 0 saturated heterocycles. The minimum Gasteiger partial charge on any atom is -0.504 e. The van der Waals surface area contributed by atoms with Gasteiger partial charge in [0.1, 0.15) is 5.52 Å². The van der Waals surface area contributed by atoms with Gasteiger partial charge in [-0.3, -0.25) is 4.99 Å². The van der Waals surface area contributed by atoms with Crippen LogP contribution in [0.2, 0.25) is 0 Å². The number of benzene rings is 3. The average Bonchev–Trinajstić information content (AvgIpc) is 3.14. The van der Waals surface area contributed by atoms with E-state index >= 15 is 0 Å². The number of hydrogen-bond donors (Lipinski definition) is 1. The van der Waals surface area contributed by atoms with Gasteiger partial charge in [0.2, 0.25) is 5.89 Å². The van der Waals surface area contributed by atoms with Gasteiger partial charge in [0.25, 0.3) is 0 Å². The maximum absolute atomic E-state index is 10.3. The van der Waals surface area contributed by atoms with E-state index in [2.05, 4.69) is 25.9 Å². The van der Waals surface area contributed by atoms with Crippen molar-refractivity contribution in [1.82, 2.24) is 4.98 Å². The smallest absolute Gasteiger partial charge is 0.227 e. The molecule has 0 atom stereocenters. The van der Waals surface area contributed by atoms with Crippen LogP contribution in [0, 0.1) is 0 Å². The van der Waals surface area contributed by atoms with E-state index in [9.17, 15) is 5.11 Å². The van der Waals surface area contributed by atoms with Crippen molar-refractivity contribution >= 4 is 38.9 Å². The van der Waals surface area contributed by atoms with E-state index in [-0.39, 0.29) is 5.75 Å². The van der Waals surface area contributed by atoms with E-state index in [0.717, 1.165) is 26.8 Å². The summed E-state index contributed by atoms with van der Waals surface area (Å²) in [5, 5.41) is 10.3. The summed E-state index contributed by atoms with van der Waals surface area (Å²) >= 11 is 3.42. The number of phenolic OH excluding ortho intramolecular Hbond substituents is 1. The summed E-state index contributed by atoms with van der Waals surface area (Å²) in [6.07, 6.45) is 1.61. The van der Waals surface area contributed by atoms with E-state index in [1.165, 1.54) is 0 Å². The molecule has 0 aliphatic carbocycles. The average molecular weight is 437 g/mol. The normalized spacial score (nSPS) is 11.4. The Bertz CT molecular complexity index is 1120. The third kappa shape index (κ3) is 3.77. The Labute approximate surface area is 170 Å². The molecule has 28 heavy (non-hydrogen) atoms. The molecular formula is C22H17BrN2O3. The number of aromatic nitrogens is 1. The fourth-order valence-corrected chi connectivity index (χ4v) is 3.24. The second kappa shape index (κ2) is 7.86. The van der Waals surface area contributed by atoms with Crippen molar-refractivity contribution in [3.63, 3.8) is 0 Å². The van der Waals surface area contributed by atoms with E-state index in [4.69, 9.17) is 9.15 Å². The number of aromatic hydroxyl groups is 1. The molecule has 0 aliphatic heterocycles. The molecule has 1 aromatic heterocycles. The summed E-state index contributed by atoms with van der Waals surface area (Å²) < 4.78 is 12.0. The third-order valence-corrected chi connectivity index (χ3v) is 4.59. The van der Waals surface area contributed by atoms with E-state index < -0.39 is 0 Å². The lowest BCUT2D eigenvalue weighted by Gasteiger charge is -2.08. The molecule has 1 N–H and O–H groups in total. The number of fused-ring (bicyclic) bond motifs is 1. The number of aliphatic imine (C=N–C) groups is 1. The maximum atomic E-state index is 10.3. The first-order chi connectivity index (χ1) is 13.6. The molecule has 4 aromatic rings. The highest BCUT2D eigenvalue weighted by Gasteiger charge is 2.10.